The number of nitrogen functional groups attached to an aromatic ring is 1. The lowest BCUT2D eigenvalue weighted by Crippen LogP contribution is -2.32. The molecule has 1 aromatic rings. The van der Waals surface area contributed by atoms with Crippen LogP contribution in [0.1, 0.15) is 39.1 Å². The topological polar surface area (TPSA) is 130 Å². The van der Waals surface area contributed by atoms with Gasteiger partial charge in [0.05, 0.1) is 12.2 Å². The van der Waals surface area contributed by atoms with Crippen molar-refractivity contribution < 1.29 is 19.4 Å². The number of aliphatic carboxylic acids is 1. The summed E-state index contributed by atoms with van der Waals surface area (Å²) in [6, 6.07) is 3.56. The SMILES string of the molecule is CC(=O)O.Cn1c(CNC(=O)OC(C)(C)C)ccc1C(=N)N. The van der Waals surface area contributed by atoms with Gasteiger partial charge in [-0.15, -0.1) is 0 Å². The molecule has 0 saturated carbocycles. The van der Waals surface area contributed by atoms with Gasteiger partial charge >= 0.3 is 6.09 Å². The van der Waals surface area contributed by atoms with Gasteiger partial charge in [-0.25, -0.2) is 4.79 Å². The predicted octanol–water partition coefficient (Wildman–Crippen LogP) is 1.42. The molecule has 8 heteroatoms. The molecule has 0 atom stereocenters. The van der Waals surface area contributed by atoms with Crippen LogP contribution in [0.2, 0.25) is 0 Å². The summed E-state index contributed by atoms with van der Waals surface area (Å²) >= 11 is 0. The molecular formula is C14H24N4O4. The van der Waals surface area contributed by atoms with E-state index in [0.29, 0.717) is 12.2 Å². The molecule has 0 fully saturated rings. The number of hydrogen-bond acceptors (Lipinski definition) is 4. The third-order valence-electron chi connectivity index (χ3n) is 2.31. The first-order chi connectivity index (χ1) is 9.94. The Morgan fingerprint density at radius 1 is 1.41 bits per heavy atom. The van der Waals surface area contributed by atoms with Crippen LogP contribution in [0.3, 0.4) is 0 Å². The number of carbonyl (C=O) groups excluding carboxylic acids is 1. The van der Waals surface area contributed by atoms with Crippen LogP contribution in [0.15, 0.2) is 12.1 Å². The van der Waals surface area contributed by atoms with Gasteiger partial charge in [-0.05, 0) is 32.9 Å². The quantitative estimate of drug-likeness (QED) is 0.495. The number of carboxylic acid groups (broad SMARTS) is 1. The van der Waals surface area contributed by atoms with E-state index in [9.17, 15) is 4.79 Å². The molecule has 1 amide bonds. The van der Waals surface area contributed by atoms with Crippen LogP contribution in [-0.4, -0.2) is 33.2 Å². The second kappa shape index (κ2) is 8.06. The molecule has 1 heterocycles. The molecular weight excluding hydrogens is 288 g/mol. The van der Waals surface area contributed by atoms with Crippen LogP contribution in [0.4, 0.5) is 4.79 Å². The number of amidine groups is 1. The standard InChI is InChI=1S/C12H20N4O2.C2H4O2/c1-12(2,3)18-11(17)15-7-8-5-6-9(10(13)14)16(8)4;1-2(3)4/h5-6H,7H2,1-4H3,(H3,13,14)(H,15,17);1H3,(H,3,4). The molecule has 5 N–H and O–H groups in total. The molecule has 1 aromatic heterocycles. The normalized spacial score (nSPS) is 10.2. The summed E-state index contributed by atoms with van der Waals surface area (Å²) in [6.45, 7) is 6.84. The van der Waals surface area contributed by atoms with Gasteiger partial charge < -0.3 is 25.5 Å². The van der Waals surface area contributed by atoms with Crippen molar-refractivity contribution in [3.05, 3.63) is 23.5 Å². The predicted molar refractivity (Wildman–Crippen MR) is 82.8 cm³/mol. The molecule has 0 radical (unpaired) electrons. The Morgan fingerprint density at radius 3 is 2.27 bits per heavy atom. The fourth-order valence-electron chi connectivity index (χ4n) is 1.48. The molecule has 0 aliphatic carbocycles. The summed E-state index contributed by atoms with van der Waals surface area (Å²) in [5.74, 6) is -0.832. The summed E-state index contributed by atoms with van der Waals surface area (Å²) in [4.78, 5) is 20.5. The highest BCUT2D eigenvalue weighted by Gasteiger charge is 2.16. The molecule has 0 unspecified atom stereocenters. The maximum absolute atomic E-state index is 11.5. The molecule has 0 aliphatic heterocycles. The second-order valence-electron chi connectivity index (χ2n) is 5.56. The van der Waals surface area contributed by atoms with Gasteiger partial charge in [0, 0.05) is 19.7 Å². The zero-order valence-electron chi connectivity index (χ0n) is 13.6. The Labute approximate surface area is 129 Å². The van der Waals surface area contributed by atoms with Crippen LogP contribution < -0.4 is 11.1 Å². The van der Waals surface area contributed by atoms with Crippen molar-refractivity contribution in [2.75, 3.05) is 0 Å². The molecule has 0 bridgehead atoms. The molecule has 22 heavy (non-hydrogen) atoms. The maximum atomic E-state index is 11.5. The first kappa shape index (κ1) is 19.5. The third-order valence-corrected chi connectivity index (χ3v) is 2.31. The van der Waals surface area contributed by atoms with Gasteiger partial charge in [-0.3, -0.25) is 10.2 Å². The molecule has 8 nitrogen and oxygen atoms in total. The van der Waals surface area contributed by atoms with E-state index in [1.807, 2.05) is 26.8 Å². The fourth-order valence-corrected chi connectivity index (χ4v) is 1.48. The Kier molecular flexibility index (Phi) is 7.14. The monoisotopic (exact) mass is 312 g/mol. The number of carbonyl (C=O) groups is 2. The Morgan fingerprint density at radius 2 is 1.91 bits per heavy atom. The summed E-state index contributed by atoms with van der Waals surface area (Å²) in [5.41, 5.74) is 6.38. The van der Waals surface area contributed by atoms with Crippen LogP contribution >= 0.6 is 0 Å². The largest absolute Gasteiger partial charge is 0.481 e. The summed E-state index contributed by atoms with van der Waals surface area (Å²) in [5, 5.41) is 17.4. The lowest BCUT2D eigenvalue weighted by Gasteiger charge is -2.19. The minimum Gasteiger partial charge on any atom is -0.481 e. The average Bonchev–Trinajstić information content (AvgIpc) is 2.65. The van der Waals surface area contributed by atoms with E-state index >= 15 is 0 Å². The summed E-state index contributed by atoms with van der Waals surface area (Å²) < 4.78 is 6.89. The number of alkyl carbamates (subject to hydrolysis) is 1. The molecule has 0 aromatic carbocycles. The summed E-state index contributed by atoms with van der Waals surface area (Å²) in [7, 11) is 1.79. The number of aromatic nitrogens is 1. The van der Waals surface area contributed by atoms with Gasteiger partial charge in [-0.2, -0.15) is 0 Å². The third kappa shape index (κ3) is 7.93. The van der Waals surface area contributed by atoms with Crippen LogP contribution in [0.5, 0.6) is 0 Å². The van der Waals surface area contributed by atoms with Crippen molar-refractivity contribution in [3.63, 3.8) is 0 Å². The zero-order chi connectivity index (χ0) is 17.5. The first-order valence-corrected chi connectivity index (χ1v) is 6.59. The van der Waals surface area contributed by atoms with Crippen molar-refractivity contribution in [1.29, 1.82) is 5.41 Å². The van der Waals surface area contributed by atoms with Crippen molar-refractivity contribution in [3.8, 4) is 0 Å². The highest BCUT2D eigenvalue weighted by Crippen LogP contribution is 2.08. The highest BCUT2D eigenvalue weighted by atomic mass is 16.6. The van der Waals surface area contributed by atoms with Crippen molar-refractivity contribution in [2.24, 2.45) is 12.8 Å². The Hall–Kier alpha value is -2.51. The van der Waals surface area contributed by atoms with Crippen LogP contribution in [0, 0.1) is 5.41 Å². The molecule has 0 spiro atoms. The van der Waals surface area contributed by atoms with E-state index in [-0.39, 0.29) is 5.84 Å². The number of amides is 1. The minimum absolute atomic E-state index is 0.000943. The first-order valence-electron chi connectivity index (χ1n) is 6.59. The second-order valence-corrected chi connectivity index (χ2v) is 5.56. The van der Waals surface area contributed by atoms with Gasteiger partial charge in [0.25, 0.3) is 5.97 Å². The number of carboxylic acids is 1. The maximum Gasteiger partial charge on any atom is 0.407 e. The fraction of sp³-hybridized carbons (Fsp3) is 0.500. The van der Waals surface area contributed by atoms with E-state index in [0.717, 1.165) is 12.6 Å². The zero-order valence-corrected chi connectivity index (χ0v) is 13.6. The average molecular weight is 312 g/mol. The van der Waals surface area contributed by atoms with E-state index in [1.54, 1.807) is 17.7 Å². The lowest BCUT2D eigenvalue weighted by atomic mass is 10.2. The van der Waals surface area contributed by atoms with Crippen molar-refractivity contribution in [1.82, 2.24) is 9.88 Å². The van der Waals surface area contributed by atoms with E-state index in [4.69, 9.17) is 25.8 Å². The molecule has 124 valence electrons. The van der Waals surface area contributed by atoms with Gasteiger partial charge in [0.2, 0.25) is 0 Å². The van der Waals surface area contributed by atoms with Gasteiger partial charge in [-0.1, -0.05) is 0 Å². The highest BCUT2D eigenvalue weighted by molar-refractivity contribution is 5.93. The number of nitrogens with one attached hydrogen (secondary N) is 2. The number of nitrogens with zero attached hydrogens (tertiary/aromatic N) is 1. The number of rotatable bonds is 3. The van der Waals surface area contributed by atoms with E-state index in [2.05, 4.69) is 5.32 Å². The lowest BCUT2D eigenvalue weighted by molar-refractivity contribution is -0.134. The molecule has 0 aliphatic rings. The van der Waals surface area contributed by atoms with Gasteiger partial charge in [0.15, 0.2) is 0 Å². The van der Waals surface area contributed by atoms with E-state index < -0.39 is 17.7 Å². The Balaban J connectivity index is 0.000000980. The van der Waals surface area contributed by atoms with Crippen molar-refractivity contribution >= 4 is 17.9 Å². The minimum atomic E-state index is -0.833. The number of ether oxygens (including phenoxy) is 1. The van der Waals surface area contributed by atoms with Crippen LogP contribution in [0.25, 0.3) is 0 Å². The Bertz CT molecular complexity index is 540. The molecule has 0 saturated heterocycles. The van der Waals surface area contributed by atoms with Crippen molar-refractivity contribution in [2.45, 2.75) is 39.8 Å². The number of hydrogen-bond donors (Lipinski definition) is 4. The smallest absolute Gasteiger partial charge is 0.407 e. The summed E-state index contributed by atoms with van der Waals surface area (Å²) in [6.07, 6.45) is -0.465. The van der Waals surface area contributed by atoms with Crippen LogP contribution in [-0.2, 0) is 23.1 Å². The van der Waals surface area contributed by atoms with E-state index in [1.165, 1.54) is 0 Å². The molecule has 1 rings (SSSR count). The van der Waals surface area contributed by atoms with Gasteiger partial charge in [0.1, 0.15) is 11.4 Å². The number of nitrogens with two attached hydrogens (primary N) is 1.